The molecule has 4 aromatic rings. The van der Waals surface area contributed by atoms with Crippen molar-refractivity contribution in [2.75, 3.05) is 0 Å². The number of nitro groups is 1. The van der Waals surface area contributed by atoms with Crippen LogP contribution >= 0.6 is 39.1 Å². The van der Waals surface area contributed by atoms with E-state index in [4.69, 9.17) is 27.9 Å². The molecule has 4 rings (SSSR count). The maximum atomic E-state index is 13.4. The predicted octanol–water partition coefficient (Wildman–Crippen LogP) is 7.18. The lowest BCUT2D eigenvalue weighted by Crippen LogP contribution is -2.22. The summed E-state index contributed by atoms with van der Waals surface area (Å²) < 4.78 is 7.82. The third-order valence-corrected chi connectivity index (χ3v) is 6.46. The summed E-state index contributed by atoms with van der Waals surface area (Å²) in [5.41, 5.74) is 0.904. The summed E-state index contributed by atoms with van der Waals surface area (Å²) in [4.78, 5) is 29.2. The normalized spacial score (nSPS) is 11.4. The van der Waals surface area contributed by atoms with E-state index >= 15 is 0 Å². The highest BCUT2D eigenvalue weighted by Crippen LogP contribution is 2.34. The molecule has 1 heterocycles. The third-order valence-electron chi connectivity index (χ3n) is 5.50. The number of hydrogen-bond donors (Lipinski definition) is 0. The summed E-state index contributed by atoms with van der Waals surface area (Å²) in [6.07, 6.45) is 3.58. The summed E-state index contributed by atoms with van der Waals surface area (Å²) in [6, 6.07) is 14.9. The number of fused-ring (bicyclic) bond motifs is 1. The maximum Gasteiger partial charge on any atom is 0.313 e. The molecule has 0 amide bonds. The minimum Gasteiger partial charge on any atom is -0.481 e. The van der Waals surface area contributed by atoms with Gasteiger partial charge < -0.3 is 4.74 Å². The van der Waals surface area contributed by atoms with Crippen molar-refractivity contribution in [1.29, 1.82) is 0 Å². The van der Waals surface area contributed by atoms with E-state index in [1.807, 2.05) is 13.0 Å². The molecule has 8 nitrogen and oxygen atoms in total. The Morgan fingerprint density at radius 1 is 1.14 bits per heavy atom. The van der Waals surface area contributed by atoms with Gasteiger partial charge in [-0.2, -0.15) is 9.78 Å². The third kappa shape index (κ3) is 6.36. The van der Waals surface area contributed by atoms with Gasteiger partial charge in [0.2, 0.25) is 5.75 Å². The lowest BCUT2D eigenvalue weighted by molar-refractivity contribution is -0.385. The molecular weight excluding hydrogens is 583 g/mol. The Morgan fingerprint density at radius 2 is 1.89 bits per heavy atom. The van der Waals surface area contributed by atoms with Gasteiger partial charge in [-0.1, -0.05) is 64.6 Å². The zero-order chi connectivity index (χ0) is 26.5. The molecule has 11 heteroatoms. The van der Waals surface area contributed by atoms with E-state index in [2.05, 4.69) is 26.0 Å². The average molecular weight is 604 g/mol. The van der Waals surface area contributed by atoms with E-state index in [0.29, 0.717) is 28.2 Å². The van der Waals surface area contributed by atoms with Crippen LogP contribution in [0.25, 0.3) is 10.9 Å². The molecule has 0 atom stereocenters. The van der Waals surface area contributed by atoms with E-state index in [1.54, 1.807) is 36.4 Å². The van der Waals surface area contributed by atoms with Gasteiger partial charge in [-0.3, -0.25) is 14.9 Å². The highest BCUT2D eigenvalue weighted by Gasteiger charge is 2.21. The van der Waals surface area contributed by atoms with Crippen LogP contribution in [0, 0.1) is 10.1 Å². The number of nitrogens with zero attached hydrogens (tertiary/aromatic N) is 4. The topological polar surface area (TPSA) is 99.6 Å². The fraction of sp³-hybridized carbons (Fsp3) is 0.192. The van der Waals surface area contributed by atoms with Gasteiger partial charge in [0.25, 0.3) is 5.56 Å². The summed E-state index contributed by atoms with van der Waals surface area (Å²) in [5.74, 6) is 0.464. The van der Waals surface area contributed by atoms with Gasteiger partial charge in [0.1, 0.15) is 12.4 Å². The number of hydrogen-bond acceptors (Lipinski definition) is 6. The molecule has 0 saturated heterocycles. The maximum absolute atomic E-state index is 13.4. The number of benzene rings is 3. The number of halogens is 3. The van der Waals surface area contributed by atoms with Crippen molar-refractivity contribution in [1.82, 2.24) is 9.66 Å². The molecule has 0 fully saturated rings. The van der Waals surface area contributed by atoms with Crippen molar-refractivity contribution in [3.05, 3.63) is 107 Å². The van der Waals surface area contributed by atoms with Gasteiger partial charge in [0.15, 0.2) is 0 Å². The zero-order valence-electron chi connectivity index (χ0n) is 19.7. The van der Waals surface area contributed by atoms with Crippen LogP contribution in [0.5, 0.6) is 5.75 Å². The van der Waals surface area contributed by atoms with Crippen LogP contribution < -0.4 is 10.3 Å². The molecule has 0 bridgehead atoms. The molecule has 3 aromatic carbocycles. The molecule has 0 saturated carbocycles. The Labute approximate surface area is 230 Å². The number of aromatic nitrogens is 2. The highest BCUT2D eigenvalue weighted by molar-refractivity contribution is 9.10. The van der Waals surface area contributed by atoms with Gasteiger partial charge in [0, 0.05) is 32.6 Å². The zero-order valence-corrected chi connectivity index (χ0v) is 22.8. The first-order chi connectivity index (χ1) is 17.8. The Kier molecular flexibility index (Phi) is 8.58. The second-order valence-corrected chi connectivity index (χ2v) is 9.96. The van der Waals surface area contributed by atoms with E-state index in [-0.39, 0.29) is 34.2 Å². The standard InChI is InChI=1S/C26H21BrCl2N4O4/c1-2-3-4-24-31-22-10-7-18(27)12-21(22)26(34)32(24)30-14-17-11-20(29)13-23(33(35)36)25(17)37-15-16-5-8-19(28)9-6-16/h5-14H,2-4,15H2,1H3. The predicted molar refractivity (Wildman–Crippen MR) is 149 cm³/mol. The van der Waals surface area contributed by atoms with Gasteiger partial charge in [-0.25, -0.2) is 4.98 Å². The molecular formula is C26H21BrCl2N4O4. The molecule has 0 aliphatic rings. The Morgan fingerprint density at radius 3 is 2.59 bits per heavy atom. The summed E-state index contributed by atoms with van der Waals surface area (Å²) in [5, 5.41) is 17.3. The monoisotopic (exact) mass is 602 g/mol. The van der Waals surface area contributed by atoms with Crippen LogP contribution in [-0.4, -0.2) is 20.8 Å². The molecule has 190 valence electrons. The van der Waals surface area contributed by atoms with Crippen LogP contribution in [0.15, 0.2) is 69.0 Å². The quantitative estimate of drug-likeness (QED) is 0.115. The van der Waals surface area contributed by atoms with Gasteiger partial charge >= 0.3 is 5.69 Å². The Hall–Kier alpha value is -3.27. The fourth-order valence-corrected chi connectivity index (χ4v) is 4.36. The van der Waals surface area contributed by atoms with Gasteiger partial charge in [0.05, 0.1) is 22.0 Å². The van der Waals surface area contributed by atoms with Crippen molar-refractivity contribution in [3.8, 4) is 5.75 Å². The van der Waals surface area contributed by atoms with Crippen LogP contribution in [0.2, 0.25) is 10.0 Å². The lowest BCUT2D eigenvalue weighted by atomic mass is 10.1. The molecule has 1 aromatic heterocycles. The number of nitro benzene ring substituents is 1. The molecule has 0 N–H and O–H groups in total. The molecule has 0 radical (unpaired) electrons. The number of aryl methyl sites for hydroxylation is 1. The second-order valence-electron chi connectivity index (χ2n) is 8.17. The van der Waals surface area contributed by atoms with Crippen LogP contribution in [0.1, 0.15) is 36.7 Å². The van der Waals surface area contributed by atoms with E-state index in [1.165, 1.54) is 23.0 Å². The van der Waals surface area contributed by atoms with E-state index in [9.17, 15) is 14.9 Å². The number of unbranched alkanes of at least 4 members (excludes halogenated alkanes) is 1. The van der Waals surface area contributed by atoms with Crippen molar-refractivity contribution in [3.63, 3.8) is 0 Å². The number of rotatable bonds is 9. The van der Waals surface area contributed by atoms with Crippen molar-refractivity contribution >= 4 is 61.9 Å². The Bertz CT molecular complexity index is 1560. The second kappa shape index (κ2) is 11.9. The summed E-state index contributed by atoms with van der Waals surface area (Å²) >= 11 is 15.5. The summed E-state index contributed by atoms with van der Waals surface area (Å²) in [7, 11) is 0. The first-order valence-corrected chi connectivity index (χ1v) is 12.9. The first kappa shape index (κ1) is 26.8. The van der Waals surface area contributed by atoms with Crippen LogP contribution in [0.3, 0.4) is 0 Å². The average Bonchev–Trinajstić information content (AvgIpc) is 2.87. The largest absolute Gasteiger partial charge is 0.481 e. The van der Waals surface area contributed by atoms with Crippen molar-refractivity contribution in [2.45, 2.75) is 32.8 Å². The van der Waals surface area contributed by atoms with Crippen LogP contribution in [0.4, 0.5) is 5.69 Å². The molecule has 0 unspecified atom stereocenters. The van der Waals surface area contributed by atoms with Gasteiger partial charge in [-0.15, -0.1) is 0 Å². The highest BCUT2D eigenvalue weighted by atomic mass is 79.9. The summed E-state index contributed by atoms with van der Waals surface area (Å²) in [6.45, 7) is 2.09. The fourth-order valence-electron chi connectivity index (χ4n) is 3.66. The first-order valence-electron chi connectivity index (χ1n) is 11.4. The smallest absolute Gasteiger partial charge is 0.313 e. The SMILES string of the molecule is CCCCc1nc2ccc(Br)cc2c(=O)n1N=Cc1cc(Cl)cc([N+](=O)[O-])c1OCc1ccc(Cl)cc1. The molecule has 0 spiro atoms. The van der Waals surface area contributed by atoms with Crippen LogP contribution in [-0.2, 0) is 13.0 Å². The van der Waals surface area contributed by atoms with E-state index in [0.717, 1.165) is 22.9 Å². The van der Waals surface area contributed by atoms with Gasteiger partial charge in [-0.05, 0) is 48.4 Å². The Balaban J connectivity index is 1.80. The number of ether oxygens (including phenoxy) is 1. The minimum atomic E-state index is -0.575. The van der Waals surface area contributed by atoms with E-state index < -0.39 is 4.92 Å². The van der Waals surface area contributed by atoms with Crippen molar-refractivity contribution in [2.24, 2.45) is 5.10 Å². The molecule has 0 aliphatic carbocycles. The minimum absolute atomic E-state index is 0.0206. The van der Waals surface area contributed by atoms with Crippen molar-refractivity contribution < 1.29 is 9.66 Å². The molecule has 0 aliphatic heterocycles. The lowest BCUT2D eigenvalue weighted by Gasteiger charge is -2.12. The molecule has 37 heavy (non-hydrogen) atoms.